The maximum Gasteiger partial charge on any atom is 0.356 e. The third-order valence-corrected chi connectivity index (χ3v) is 6.43. The molecular formula is C28H23ClN2O6. The maximum atomic E-state index is 13.6. The predicted octanol–water partition coefficient (Wildman–Crippen LogP) is 5.16. The first-order valence-electron chi connectivity index (χ1n) is 11.7. The van der Waals surface area contributed by atoms with E-state index in [1.54, 1.807) is 73.7 Å². The average Bonchev–Trinajstić information content (AvgIpc) is 3.37. The highest BCUT2D eigenvalue weighted by molar-refractivity contribution is 6.30. The van der Waals surface area contributed by atoms with Gasteiger partial charge in [0.15, 0.2) is 17.6 Å². The van der Waals surface area contributed by atoms with Crippen LogP contribution in [-0.4, -0.2) is 29.3 Å². The summed E-state index contributed by atoms with van der Waals surface area (Å²) in [5.41, 5.74) is 1.37. The van der Waals surface area contributed by atoms with Crippen LogP contribution in [0.25, 0.3) is 21.9 Å². The molecule has 3 aromatic carbocycles. The molecule has 1 aliphatic rings. The van der Waals surface area contributed by atoms with E-state index in [1.807, 2.05) is 0 Å². The zero-order valence-electron chi connectivity index (χ0n) is 20.1. The first-order chi connectivity index (χ1) is 17.9. The molecule has 188 valence electrons. The number of fused-ring (bicyclic) bond motifs is 2. The molecule has 8 nitrogen and oxygen atoms in total. The number of amides is 1. The van der Waals surface area contributed by atoms with Gasteiger partial charge in [-0.25, -0.2) is 4.79 Å². The summed E-state index contributed by atoms with van der Waals surface area (Å²) in [7, 11) is 1.51. The number of rotatable bonds is 6. The SMILES string of the molecule is CCC(OC(=O)c1c(-c2ccc(Cl)cc2)c2ccccc2c(=O)n1C)C(=O)Nc1ccc2c(c1)OCO2. The van der Waals surface area contributed by atoms with Crippen LogP contribution in [0, 0.1) is 0 Å². The van der Waals surface area contributed by atoms with Crippen molar-refractivity contribution in [2.75, 3.05) is 12.1 Å². The van der Waals surface area contributed by atoms with E-state index in [4.69, 9.17) is 25.8 Å². The number of halogens is 1. The van der Waals surface area contributed by atoms with Gasteiger partial charge in [0.1, 0.15) is 5.69 Å². The molecule has 0 bridgehead atoms. The number of esters is 1. The molecule has 1 amide bonds. The number of benzene rings is 3. The summed E-state index contributed by atoms with van der Waals surface area (Å²) in [6.07, 6.45) is -0.877. The van der Waals surface area contributed by atoms with E-state index in [0.717, 1.165) is 0 Å². The summed E-state index contributed by atoms with van der Waals surface area (Å²) in [4.78, 5) is 39.7. The fourth-order valence-corrected chi connectivity index (χ4v) is 4.44. The second kappa shape index (κ2) is 9.99. The van der Waals surface area contributed by atoms with Crippen LogP contribution in [0.1, 0.15) is 23.8 Å². The summed E-state index contributed by atoms with van der Waals surface area (Å²) in [5.74, 6) is -0.193. The van der Waals surface area contributed by atoms with Crippen molar-refractivity contribution in [3.8, 4) is 22.6 Å². The Labute approximate surface area is 217 Å². The van der Waals surface area contributed by atoms with Crippen LogP contribution in [0.4, 0.5) is 5.69 Å². The molecule has 0 radical (unpaired) electrons. The summed E-state index contributed by atoms with van der Waals surface area (Å²) >= 11 is 6.09. The molecule has 0 aliphatic carbocycles. The van der Waals surface area contributed by atoms with Crippen molar-refractivity contribution >= 4 is 39.9 Å². The molecule has 4 aromatic rings. The lowest BCUT2D eigenvalue weighted by molar-refractivity contribution is -0.124. The topological polar surface area (TPSA) is 95.9 Å². The van der Waals surface area contributed by atoms with E-state index in [9.17, 15) is 14.4 Å². The van der Waals surface area contributed by atoms with Gasteiger partial charge >= 0.3 is 5.97 Å². The van der Waals surface area contributed by atoms with E-state index in [-0.39, 0.29) is 24.5 Å². The quantitative estimate of drug-likeness (QED) is 0.354. The first-order valence-corrected chi connectivity index (χ1v) is 12.0. The van der Waals surface area contributed by atoms with Gasteiger partial charge in [-0.2, -0.15) is 0 Å². The number of carbonyl (C=O) groups is 2. The molecule has 1 aliphatic heterocycles. The van der Waals surface area contributed by atoms with Crippen LogP contribution in [0.5, 0.6) is 11.5 Å². The smallest absolute Gasteiger partial charge is 0.356 e. The molecule has 9 heteroatoms. The second-order valence-electron chi connectivity index (χ2n) is 8.50. The van der Waals surface area contributed by atoms with Crippen molar-refractivity contribution in [3.63, 3.8) is 0 Å². The number of pyridine rings is 1. The highest BCUT2D eigenvalue weighted by Crippen LogP contribution is 2.35. The normalized spacial score (nSPS) is 12.8. The number of hydrogen-bond acceptors (Lipinski definition) is 6. The molecule has 1 N–H and O–H groups in total. The fourth-order valence-electron chi connectivity index (χ4n) is 4.32. The van der Waals surface area contributed by atoms with Crippen molar-refractivity contribution in [2.24, 2.45) is 7.05 Å². The van der Waals surface area contributed by atoms with Gasteiger partial charge in [-0.05, 0) is 47.7 Å². The summed E-state index contributed by atoms with van der Waals surface area (Å²) in [6, 6.07) is 19.0. The molecule has 37 heavy (non-hydrogen) atoms. The molecular weight excluding hydrogens is 496 g/mol. The van der Waals surface area contributed by atoms with Crippen molar-refractivity contribution in [1.29, 1.82) is 0 Å². The minimum atomic E-state index is -1.10. The highest BCUT2D eigenvalue weighted by Gasteiger charge is 2.28. The van der Waals surface area contributed by atoms with Gasteiger partial charge in [0.05, 0.1) is 0 Å². The minimum absolute atomic E-state index is 0.0420. The highest BCUT2D eigenvalue weighted by atomic mass is 35.5. The number of carbonyl (C=O) groups excluding carboxylic acids is 2. The number of hydrogen-bond donors (Lipinski definition) is 1. The average molecular weight is 519 g/mol. The van der Waals surface area contributed by atoms with E-state index in [0.29, 0.717) is 44.1 Å². The molecule has 5 rings (SSSR count). The van der Waals surface area contributed by atoms with E-state index < -0.39 is 18.0 Å². The largest absolute Gasteiger partial charge is 0.454 e. The number of nitrogens with one attached hydrogen (secondary N) is 1. The molecule has 0 saturated carbocycles. The number of aromatic nitrogens is 1. The number of ether oxygens (including phenoxy) is 3. The molecule has 1 atom stereocenters. The second-order valence-corrected chi connectivity index (χ2v) is 8.94. The van der Waals surface area contributed by atoms with E-state index in [1.165, 1.54) is 11.6 Å². The van der Waals surface area contributed by atoms with Crippen LogP contribution in [0.2, 0.25) is 5.02 Å². The van der Waals surface area contributed by atoms with Crippen molar-refractivity contribution in [3.05, 3.63) is 87.8 Å². The Balaban J connectivity index is 1.50. The molecule has 0 spiro atoms. The van der Waals surface area contributed by atoms with Crippen LogP contribution >= 0.6 is 11.6 Å². The molecule has 2 heterocycles. The van der Waals surface area contributed by atoms with Crippen molar-refractivity contribution in [2.45, 2.75) is 19.4 Å². The Morgan fingerprint density at radius 3 is 2.46 bits per heavy atom. The Hall–Kier alpha value is -4.30. The Kier molecular flexibility index (Phi) is 6.58. The zero-order valence-corrected chi connectivity index (χ0v) is 20.9. The minimum Gasteiger partial charge on any atom is -0.454 e. The van der Waals surface area contributed by atoms with Gasteiger partial charge in [-0.1, -0.05) is 48.9 Å². The van der Waals surface area contributed by atoms with Gasteiger partial charge < -0.3 is 24.1 Å². The van der Waals surface area contributed by atoms with Crippen LogP contribution in [0.15, 0.2) is 71.5 Å². The first kappa shape index (κ1) is 24.4. The standard InChI is InChI=1S/C28H23ClN2O6/c1-3-21(26(32)30-18-12-13-22-23(14-18)36-15-35-22)37-28(34)25-24(16-8-10-17(29)11-9-16)19-6-4-5-7-20(19)27(33)31(25)2/h4-14,21H,3,15H2,1-2H3,(H,30,32). The maximum absolute atomic E-state index is 13.6. The third kappa shape index (κ3) is 4.63. The summed E-state index contributed by atoms with van der Waals surface area (Å²) in [6.45, 7) is 1.85. The lowest BCUT2D eigenvalue weighted by atomic mass is 9.96. The predicted molar refractivity (Wildman–Crippen MR) is 140 cm³/mol. The van der Waals surface area contributed by atoms with Crippen molar-refractivity contribution < 1.29 is 23.8 Å². The lowest BCUT2D eigenvalue weighted by Crippen LogP contribution is -2.34. The number of anilines is 1. The van der Waals surface area contributed by atoms with Crippen molar-refractivity contribution in [1.82, 2.24) is 4.57 Å². The summed E-state index contributed by atoms with van der Waals surface area (Å²) < 4.78 is 17.6. The fraction of sp³-hybridized carbons (Fsp3) is 0.179. The van der Waals surface area contributed by atoms with Gasteiger partial charge in [-0.15, -0.1) is 0 Å². The molecule has 1 unspecified atom stereocenters. The Morgan fingerprint density at radius 1 is 1.03 bits per heavy atom. The zero-order chi connectivity index (χ0) is 26.1. The van der Waals surface area contributed by atoms with Crippen LogP contribution < -0.4 is 20.3 Å². The Morgan fingerprint density at radius 2 is 1.73 bits per heavy atom. The van der Waals surface area contributed by atoms with Crippen LogP contribution in [0.3, 0.4) is 0 Å². The van der Waals surface area contributed by atoms with Gasteiger partial charge in [-0.3, -0.25) is 9.59 Å². The molecule has 1 aromatic heterocycles. The monoisotopic (exact) mass is 518 g/mol. The Bertz CT molecular complexity index is 1580. The lowest BCUT2D eigenvalue weighted by Gasteiger charge is -2.20. The van der Waals surface area contributed by atoms with E-state index >= 15 is 0 Å². The summed E-state index contributed by atoms with van der Waals surface area (Å²) in [5, 5.41) is 4.34. The van der Waals surface area contributed by atoms with Crippen LogP contribution in [-0.2, 0) is 16.6 Å². The number of nitrogens with zero attached hydrogens (tertiary/aromatic N) is 1. The van der Waals surface area contributed by atoms with Gasteiger partial charge in [0.2, 0.25) is 6.79 Å². The van der Waals surface area contributed by atoms with Gasteiger partial charge in [0.25, 0.3) is 11.5 Å². The third-order valence-electron chi connectivity index (χ3n) is 6.18. The van der Waals surface area contributed by atoms with E-state index in [2.05, 4.69) is 5.32 Å². The molecule has 0 saturated heterocycles. The van der Waals surface area contributed by atoms with Gasteiger partial charge in [0, 0.05) is 34.8 Å². The molecule has 0 fully saturated rings.